The van der Waals surface area contributed by atoms with Crippen LogP contribution in [0.25, 0.3) is 0 Å². The lowest BCUT2D eigenvalue weighted by Gasteiger charge is -2.38. The Hall–Kier alpha value is -1.59. The van der Waals surface area contributed by atoms with Gasteiger partial charge in [0.05, 0.1) is 5.92 Å². The van der Waals surface area contributed by atoms with Crippen LogP contribution in [-0.2, 0) is 14.4 Å². The molecule has 1 heterocycles. The van der Waals surface area contributed by atoms with Crippen molar-refractivity contribution in [3.05, 3.63) is 0 Å². The van der Waals surface area contributed by atoms with Crippen molar-refractivity contribution >= 4 is 17.8 Å². The summed E-state index contributed by atoms with van der Waals surface area (Å²) in [6.45, 7) is 2.89. The molecule has 0 spiro atoms. The van der Waals surface area contributed by atoms with E-state index in [9.17, 15) is 14.4 Å². The van der Waals surface area contributed by atoms with E-state index in [1.54, 1.807) is 4.90 Å². The number of amides is 2. The summed E-state index contributed by atoms with van der Waals surface area (Å²) in [4.78, 5) is 37.1. The third-order valence-electron chi connectivity index (χ3n) is 4.37. The van der Waals surface area contributed by atoms with Crippen LogP contribution in [0.5, 0.6) is 0 Å². The molecule has 1 saturated carbocycles. The molecule has 6 nitrogen and oxygen atoms in total. The molecule has 0 aromatic carbocycles. The molecule has 0 aromatic rings. The van der Waals surface area contributed by atoms with Crippen LogP contribution in [0.2, 0.25) is 0 Å². The highest BCUT2D eigenvalue weighted by Crippen LogP contribution is 2.31. The molecule has 2 N–H and O–H groups in total. The van der Waals surface area contributed by atoms with Crippen LogP contribution < -0.4 is 5.32 Å². The first kappa shape index (κ1) is 14.8. The van der Waals surface area contributed by atoms with Gasteiger partial charge in [0.2, 0.25) is 11.8 Å². The Kier molecular flexibility index (Phi) is 4.62. The van der Waals surface area contributed by atoms with Gasteiger partial charge < -0.3 is 15.3 Å². The van der Waals surface area contributed by atoms with Crippen molar-refractivity contribution in [2.75, 3.05) is 13.1 Å². The Balaban J connectivity index is 2.05. The fraction of sp³-hybridized carbons (Fsp3) is 0.786. The predicted octanol–water partition coefficient (Wildman–Crippen LogP) is 0.614. The molecule has 20 heavy (non-hydrogen) atoms. The van der Waals surface area contributed by atoms with E-state index in [2.05, 4.69) is 5.32 Å². The van der Waals surface area contributed by atoms with Crippen LogP contribution in [0.1, 0.15) is 39.0 Å². The third kappa shape index (κ3) is 2.94. The number of hydrogen-bond acceptors (Lipinski definition) is 3. The minimum atomic E-state index is -0.814. The predicted molar refractivity (Wildman–Crippen MR) is 71.9 cm³/mol. The third-order valence-corrected chi connectivity index (χ3v) is 4.37. The van der Waals surface area contributed by atoms with Crippen molar-refractivity contribution in [3.8, 4) is 0 Å². The van der Waals surface area contributed by atoms with Crippen molar-refractivity contribution in [3.63, 3.8) is 0 Å². The Morgan fingerprint density at radius 2 is 2.05 bits per heavy atom. The lowest BCUT2D eigenvalue weighted by atomic mass is 9.80. The van der Waals surface area contributed by atoms with E-state index in [1.807, 2.05) is 6.92 Å². The number of piperazine rings is 1. The highest BCUT2D eigenvalue weighted by Gasteiger charge is 2.38. The van der Waals surface area contributed by atoms with E-state index < -0.39 is 17.9 Å². The van der Waals surface area contributed by atoms with E-state index in [0.29, 0.717) is 32.4 Å². The van der Waals surface area contributed by atoms with Crippen LogP contribution in [0.4, 0.5) is 0 Å². The Morgan fingerprint density at radius 3 is 2.70 bits per heavy atom. The summed E-state index contributed by atoms with van der Waals surface area (Å²) in [5.41, 5.74) is 0. The van der Waals surface area contributed by atoms with Crippen LogP contribution >= 0.6 is 0 Å². The van der Waals surface area contributed by atoms with Crippen molar-refractivity contribution in [1.29, 1.82) is 0 Å². The summed E-state index contributed by atoms with van der Waals surface area (Å²) in [7, 11) is 0. The number of carbonyl (C=O) groups excluding carboxylic acids is 2. The largest absolute Gasteiger partial charge is 0.481 e. The zero-order valence-electron chi connectivity index (χ0n) is 11.8. The van der Waals surface area contributed by atoms with Gasteiger partial charge in [-0.25, -0.2) is 0 Å². The highest BCUT2D eigenvalue weighted by atomic mass is 16.4. The normalized spacial score (nSPS) is 30.8. The van der Waals surface area contributed by atoms with Crippen molar-refractivity contribution in [2.24, 2.45) is 11.8 Å². The van der Waals surface area contributed by atoms with Crippen molar-refractivity contribution < 1.29 is 19.5 Å². The molecular formula is C14H22N2O4. The first-order valence-electron chi connectivity index (χ1n) is 7.35. The van der Waals surface area contributed by atoms with Gasteiger partial charge in [-0.3, -0.25) is 14.4 Å². The summed E-state index contributed by atoms with van der Waals surface area (Å²) in [6.07, 6.45) is 3.15. The number of carboxylic acids is 1. The molecule has 1 aliphatic heterocycles. The monoisotopic (exact) mass is 282 g/mol. The van der Waals surface area contributed by atoms with Gasteiger partial charge in [-0.1, -0.05) is 13.3 Å². The van der Waals surface area contributed by atoms with Crippen LogP contribution in [-0.4, -0.2) is 46.9 Å². The number of rotatable bonds is 3. The lowest BCUT2D eigenvalue weighted by molar-refractivity contribution is -0.150. The fourth-order valence-corrected chi connectivity index (χ4v) is 3.26. The first-order valence-corrected chi connectivity index (χ1v) is 7.35. The Labute approximate surface area is 118 Å². The number of nitrogens with zero attached hydrogens (tertiary/aromatic N) is 1. The zero-order valence-corrected chi connectivity index (χ0v) is 11.8. The van der Waals surface area contributed by atoms with Gasteiger partial charge in [-0.15, -0.1) is 0 Å². The second kappa shape index (κ2) is 6.24. The molecule has 1 saturated heterocycles. The molecule has 1 aliphatic carbocycles. The summed E-state index contributed by atoms with van der Waals surface area (Å²) >= 11 is 0. The van der Waals surface area contributed by atoms with E-state index in [-0.39, 0.29) is 17.7 Å². The molecule has 0 unspecified atom stereocenters. The quantitative estimate of drug-likeness (QED) is 0.794. The number of carboxylic acid groups (broad SMARTS) is 1. The maximum absolute atomic E-state index is 12.6. The van der Waals surface area contributed by atoms with E-state index in [1.165, 1.54) is 0 Å². The SMILES string of the molecule is CC[C@@H]1C(=O)NCCN1C(=O)[C@H]1CCC[C@@H](C(=O)O)C1. The van der Waals surface area contributed by atoms with Crippen molar-refractivity contribution in [2.45, 2.75) is 45.1 Å². The van der Waals surface area contributed by atoms with Gasteiger partial charge in [0.15, 0.2) is 0 Å². The van der Waals surface area contributed by atoms with E-state index in [0.717, 1.165) is 12.8 Å². The standard InChI is InChI=1S/C14H22N2O4/c1-2-11-12(17)15-6-7-16(11)13(18)9-4-3-5-10(8-9)14(19)20/h9-11H,2-8H2,1H3,(H,15,17)(H,19,20)/t9-,10+,11+/m0/s1. The van der Waals surface area contributed by atoms with E-state index >= 15 is 0 Å². The molecular weight excluding hydrogens is 260 g/mol. The lowest BCUT2D eigenvalue weighted by Crippen LogP contribution is -2.58. The van der Waals surface area contributed by atoms with Crippen LogP contribution in [0.15, 0.2) is 0 Å². The smallest absolute Gasteiger partial charge is 0.306 e. The van der Waals surface area contributed by atoms with Gasteiger partial charge in [-0.2, -0.15) is 0 Å². The number of aliphatic carboxylic acids is 1. The molecule has 2 rings (SSSR count). The average molecular weight is 282 g/mol. The highest BCUT2D eigenvalue weighted by molar-refractivity contribution is 5.89. The molecule has 112 valence electrons. The summed E-state index contributed by atoms with van der Waals surface area (Å²) in [6, 6.07) is -0.401. The second-order valence-corrected chi connectivity index (χ2v) is 5.65. The number of carbonyl (C=O) groups is 3. The molecule has 3 atom stereocenters. The Bertz CT molecular complexity index is 410. The molecule has 0 radical (unpaired) electrons. The molecule has 6 heteroatoms. The van der Waals surface area contributed by atoms with Gasteiger partial charge in [0, 0.05) is 19.0 Å². The molecule has 0 bridgehead atoms. The minimum absolute atomic E-state index is 0.0438. The maximum atomic E-state index is 12.6. The first-order chi connectivity index (χ1) is 9.54. The average Bonchev–Trinajstić information content (AvgIpc) is 2.46. The molecule has 0 aromatic heterocycles. The van der Waals surface area contributed by atoms with Crippen LogP contribution in [0.3, 0.4) is 0 Å². The molecule has 2 aliphatic rings. The molecule has 2 fully saturated rings. The second-order valence-electron chi connectivity index (χ2n) is 5.65. The number of hydrogen-bond donors (Lipinski definition) is 2. The van der Waals surface area contributed by atoms with Gasteiger partial charge in [-0.05, 0) is 25.7 Å². The van der Waals surface area contributed by atoms with Crippen LogP contribution in [0, 0.1) is 11.8 Å². The van der Waals surface area contributed by atoms with Crippen molar-refractivity contribution in [1.82, 2.24) is 10.2 Å². The van der Waals surface area contributed by atoms with Gasteiger partial charge >= 0.3 is 5.97 Å². The topological polar surface area (TPSA) is 86.7 Å². The van der Waals surface area contributed by atoms with Gasteiger partial charge in [0.25, 0.3) is 0 Å². The molecule has 2 amide bonds. The maximum Gasteiger partial charge on any atom is 0.306 e. The summed E-state index contributed by atoms with van der Waals surface area (Å²) < 4.78 is 0. The Morgan fingerprint density at radius 1 is 1.35 bits per heavy atom. The summed E-state index contributed by atoms with van der Waals surface area (Å²) in [5.74, 6) is -1.62. The zero-order chi connectivity index (χ0) is 14.7. The van der Waals surface area contributed by atoms with E-state index in [4.69, 9.17) is 5.11 Å². The summed E-state index contributed by atoms with van der Waals surface area (Å²) in [5, 5.41) is 11.9. The van der Waals surface area contributed by atoms with Gasteiger partial charge in [0.1, 0.15) is 6.04 Å². The number of nitrogens with one attached hydrogen (secondary N) is 1. The fourth-order valence-electron chi connectivity index (χ4n) is 3.26. The minimum Gasteiger partial charge on any atom is -0.481 e.